The monoisotopic (exact) mass is 712 g/mol. The molecule has 56 heavy (non-hydrogen) atoms. The number of fused-ring (bicyclic) bond motifs is 6. The quantitative estimate of drug-likeness (QED) is 0.162. The number of aromatic nitrogens is 2. The number of para-hydroxylation sites is 2. The molecule has 9 aromatic carbocycles. The maximum absolute atomic E-state index is 2.46. The molecule has 0 atom stereocenters. The fraction of sp³-hybridized carbons (Fsp3) is 0. The summed E-state index contributed by atoms with van der Waals surface area (Å²) in [5.74, 6) is 0. The van der Waals surface area contributed by atoms with E-state index >= 15 is 0 Å². The molecule has 2 heterocycles. The van der Waals surface area contributed by atoms with E-state index in [9.17, 15) is 0 Å². The van der Waals surface area contributed by atoms with E-state index in [1.165, 1.54) is 88.1 Å². The Bertz CT molecular complexity index is 3170. The summed E-state index contributed by atoms with van der Waals surface area (Å²) in [6, 6.07) is 79.4. The van der Waals surface area contributed by atoms with Gasteiger partial charge >= 0.3 is 0 Å². The molecule has 0 aliphatic carbocycles. The van der Waals surface area contributed by atoms with Crippen LogP contribution in [0.2, 0.25) is 0 Å². The Hall–Kier alpha value is -7.42. The van der Waals surface area contributed by atoms with Crippen molar-refractivity contribution in [3.8, 4) is 55.9 Å². The smallest absolute Gasteiger partial charge is 0.0547 e. The van der Waals surface area contributed by atoms with Gasteiger partial charge in [-0.2, -0.15) is 0 Å². The Labute approximate surface area is 325 Å². The first kappa shape index (κ1) is 32.0. The number of hydrogen-bond donors (Lipinski definition) is 0. The van der Waals surface area contributed by atoms with Crippen LogP contribution in [0.5, 0.6) is 0 Å². The van der Waals surface area contributed by atoms with Gasteiger partial charge in [0.15, 0.2) is 0 Å². The summed E-state index contributed by atoms with van der Waals surface area (Å²) < 4.78 is 4.90. The molecule has 0 saturated heterocycles. The van der Waals surface area contributed by atoms with Crippen molar-refractivity contribution in [2.24, 2.45) is 0 Å². The van der Waals surface area contributed by atoms with Crippen molar-refractivity contribution in [1.29, 1.82) is 0 Å². The van der Waals surface area contributed by atoms with E-state index in [0.717, 1.165) is 11.4 Å². The van der Waals surface area contributed by atoms with E-state index in [-0.39, 0.29) is 0 Å². The second-order valence-corrected chi connectivity index (χ2v) is 14.5. The van der Waals surface area contributed by atoms with Gasteiger partial charge in [-0.25, -0.2) is 0 Å². The van der Waals surface area contributed by atoms with Crippen LogP contribution in [-0.4, -0.2) is 9.13 Å². The van der Waals surface area contributed by atoms with Gasteiger partial charge in [0.2, 0.25) is 0 Å². The topological polar surface area (TPSA) is 9.86 Å². The molecule has 0 N–H and O–H groups in total. The molecule has 0 aliphatic heterocycles. The molecule has 0 bridgehead atoms. The molecule has 11 aromatic rings. The summed E-state index contributed by atoms with van der Waals surface area (Å²) in [6.45, 7) is 0. The average molecular weight is 713 g/mol. The van der Waals surface area contributed by atoms with Gasteiger partial charge in [0.05, 0.1) is 22.1 Å². The summed E-state index contributed by atoms with van der Waals surface area (Å²) in [7, 11) is 0. The van der Waals surface area contributed by atoms with Crippen molar-refractivity contribution in [3.05, 3.63) is 218 Å². The summed E-state index contributed by atoms with van der Waals surface area (Å²) in [6.07, 6.45) is 0. The minimum atomic E-state index is 1.14. The van der Waals surface area contributed by atoms with Crippen LogP contribution in [0.1, 0.15) is 0 Å². The van der Waals surface area contributed by atoms with Crippen molar-refractivity contribution in [3.63, 3.8) is 0 Å². The van der Waals surface area contributed by atoms with Crippen molar-refractivity contribution in [2.75, 3.05) is 0 Å². The highest BCUT2D eigenvalue weighted by atomic mass is 15.0. The molecule has 0 amide bonds. The van der Waals surface area contributed by atoms with E-state index in [1.54, 1.807) is 0 Å². The minimum Gasteiger partial charge on any atom is -0.309 e. The normalized spacial score (nSPS) is 11.6. The molecular weight excluding hydrogens is 677 g/mol. The van der Waals surface area contributed by atoms with Crippen molar-refractivity contribution in [2.45, 2.75) is 0 Å². The lowest BCUT2D eigenvalue weighted by Crippen LogP contribution is -1.96. The van der Waals surface area contributed by atoms with E-state index in [0.29, 0.717) is 0 Å². The fourth-order valence-electron chi connectivity index (χ4n) is 8.83. The van der Waals surface area contributed by atoms with E-state index < -0.39 is 0 Å². The lowest BCUT2D eigenvalue weighted by Gasteiger charge is -2.14. The van der Waals surface area contributed by atoms with Crippen LogP contribution in [0.15, 0.2) is 218 Å². The molecule has 0 radical (unpaired) electrons. The molecular formula is C54H36N2. The lowest BCUT2D eigenvalue weighted by molar-refractivity contribution is 1.18. The number of benzene rings is 9. The van der Waals surface area contributed by atoms with Crippen molar-refractivity contribution < 1.29 is 0 Å². The summed E-state index contributed by atoms with van der Waals surface area (Å²) in [5, 5.41) is 4.99. The van der Waals surface area contributed by atoms with Gasteiger partial charge in [-0.1, -0.05) is 164 Å². The van der Waals surface area contributed by atoms with Crippen LogP contribution >= 0.6 is 0 Å². The first-order valence-electron chi connectivity index (χ1n) is 19.3. The molecule has 11 rings (SSSR count). The third-order valence-electron chi connectivity index (χ3n) is 11.3. The molecule has 0 spiro atoms. The van der Waals surface area contributed by atoms with E-state index in [2.05, 4.69) is 228 Å². The number of nitrogens with zero attached hydrogens (tertiary/aromatic N) is 2. The first-order valence-corrected chi connectivity index (χ1v) is 19.3. The Morgan fingerprint density at radius 3 is 1.12 bits per heavy atom. The maximum atomic E-state index is 2.46. The highest BCUT2D eigenvalue weighted by molar-refractivity contribution is 6.22. The molecule has 0 saturated carbocycles. The minimum absolute atomic E-state index is 1.14. The third kappa shape index (κ3) is 5.19. The van der Waals surface area contributed by atoms with Crippen LogP contribution in [0.3, 0.4) is 0 Å². The zero-order valence-electron chi connectivity index (χ0n) is 30.7. The second kappa shape index (κ2) is 13.2. The summed E-state index contributed by atoms with van der Waals surface area (Å²) >= 11 is 0. The zero-order valence-corrected chi connectivity index (χ0v) is 30.7. The molecule has 0 aliphatic rings. The molecule has 2 aromatic heterocycles. The highest BCUT2D eigenvalue weighted by Crippen LogP contribution is 2.44. The van der Waals surface area contributed by atoms with Gasteiger partial charge in [-0.3, -0.25) is 0 Å². The maximum Gasteiger partial charge on any atom is 0.0547 e. The van der Waals surface area contributed by atoms with Crippen molar-refractivity contribution >= 4 is 43.6 Å². The lowest BCUT2D eigenvalue weighted by atomic mass is 9.95. The Morgan fingerprint density at radius 2 is 0.607 bits per heavy atom. The van der Waals surface area contributed by atoms with Crippen LogP contribution in [0, 0.1) is 0 Å². The highest BCUT2D eigenvalue weighted by Gasteiger charge is 2.21. The Balaban J connectivity index is 1.17. The molecule has 262 valence electrons. The number of rotatable bonds is 6. The van der Waals surface area contributed by atoms with Crippen LogP contribution in [-0.2, 0) is 0 Å². The van der Waals surface area contributed by atoms with Gasteiger partial charge in [0.1, 0.15) is 0 Å². The third-order valence-corrected chi connectivity index (χ3v) is 11.3. The Morgan fingerprint density at radius 1 is 0.232 bits per heavy atom. The average Bonchev–Trinajstić information content (AvgIpc) is 3.81. The van der Waals surface area contributed by atoms with Crippen molar-refractivity contribution in [1.82, 2.24) is 9.13 Å². The Kier molecular flexibility index (Phi) is 7.53. The predicted molar refractivity (Wildman–Crippen MR) is 237 cm³/mol. The molecule has 2 nitrogen and oxygen atoms in total. The van der Waals surface area contributed by atoms with Gasteiger partial charge in [0, 0.05) is 32.9 Å². The van der Waals surface area contributed by atoms with Gasteiger partial charge < -0.3 is 9.13 Å². The largest absolute Gasteiger partial charge is 0.309 e. The summed E-state index contributed by atoms with van der Waals surface area (Å²) in [5.41, 5.74) is 16.7. The SMILES string of the molecule is c1ccc(-c2cccc(-n3c4ccccc4c4c(-c5cccc6c5c5ccccc5n6-c5cc(-c6ccccc6)cc(-c6ccccc6)c5)cccc43)c2)cc1. The van der Waals surface area contributed by atoms with E-state index in [1.807, 2.05) is 0 Å². The van der Waals surface area contributed by atoms with Crippen LogP contribution in [0.25, 0.3) is 99.5 Å². The molecule has 0 fully saturated rings. The van der Waals surface area contributed by atoms with E-state index in [4.69, 9.17) is 0 Å². The van der Waals surface area contributed by atoms with Gasteiger partial charge in [0.25, 0.3) is 0 Å². The second-order valence-electron chi connectivity index (χ2n) is 14.5. The van der Waals surface area contributed by atoms with Crippen LogP contribution in [0.4, 0.5) is 0 Å². The fourth-order valence-corrected chi connectivity index (χ4v) is 8.83. The zero-order chi connectivity index (χ0) is 37.0. The van der Waals surface area contributed by atoms with Crippen LogP contribution < -0.4 is 0 Å². The molecule has 0 unspecified atom stereocenters. The van der Waals surface area contributed by atoms with Gasteiger partial charge in [-0.05, 0) is 99.1 Å². The summed E-state index contributed by atoms with van der Waals surface area (Å²) in [4.78, 5) is 0. The van der Waals surface area contributed by atoms with Gasteiger partial charge in [-0.15, -0.1) is 0 Å². The number of hydrogen-bond acceptors (Lipinski definition) is 0. The predicted octanol–water partition coefficient (Wildman–Crippen LogP) is 14.5. The first-order chi connectivity index (χ1) is 27.8. The molecule has 2 heteroatoms. The standard InChI is InChI=1S/C54H36N2/c1-4-17-37(18-5-1)40-23-14-24-43(34-40)55-49-29-12-10-25-47(49)53-45(27-15-31-51(53)55)46-28-16-32-52-54(46)48-26-11-13-30-50(48)56(52)44-35-41(38-19-6-2-7-20-38)33-42(36-44)39-21-8-3-9-22-39/h1-36H.